The lowest BCUT2D eigenvalue weighted by Gasteiger charge is -2.30. The zero-order valence-electron chi connectivity index (χ0n) is 14.4. The second-order valence-electron chi connectivity index (χ2n) is 6.95. The van der Waals surface area contributed by atoms with Gasteiger partial charge in [0.2, 0.25) is 0 Å². The third-order valence-corrected chi connectivity index (χ3v) is 5.22. The molecule has 4 rings (SSSR count). The molecule has 2 atom stereocenters. The minimum Gasteiger partial charge on any atom is -0.369 e. The van der Waals surface area contributed by atoms with Crippen molar-refractivity contribution in [2.75, 3.05) is 6.54 Å². The third-order valence-electron chi connectivity index (χ3n) is 5.22. The number of benzene rings is 1. The molecule has 5 heteroatoms. The molecule has 24 heavy (non-hydrogen) atoms. The van der Waals surface area contributed by atoms with E-state index in [1.165, 1.54) is 16.7 Å². The Morgan fingerprint density at radius 2 is 2.17 bits per heavy atom. The summed E-state index contributed by atoms with van der Waals surface area (Å²) in [5, 5.41) is 7.36. The molecule has 1 amide bonds. The summed E-state index contributed by atoms with van der Waals surface area (Å²) in [6, 6.07) is 6.34. The van der Waals surface area contributed by atoms with E-state index in [9.17, 15) is 4.79 Å². The van der Waals surface area contributed by atoms with E-state index in [4.69, 9.17) is 4.74 Å². The maximum Gasteiger partial charge on any atom is 0.274 e. The molecule has 2 aliphatic heterocycles. The molecule has 0 spiro atoms. The van der Waals surface area contributed by atoms with Crippen LogP contribution in [-0.2, 0) is 24.1 Å². The number of aryl methyl sites for hydroxylation is 1. The van der Waals surface area contributed by atoms with Crippen molar-refractivity contribution < 1.29 is 9.53 Å². The number of fused-ring (bicyclic) bond motifs is 2. The van der Waals surface area contributed by atoms with Crippen LogP contribution in [0.25, 0.3) is 0 Å². The molecule has 2 aliphatic rings. The largest absolute Gasteiger partial charge is 0.369 e. The van der Waals surface area contributed by atoms with Crippen LogP contribution < -0.4 is 0 Å². The fourth-order valence-corrected chi connectivity index (χ4v) is 3.97. The molecular formula is C19H23N3O2. The van der Waals surface area contributed by atoms with E-state index >= 15 is 0 Å². The second kappa shape index (κ2) is 5.74. The summed E-state index contributed by atoms with van der Waals surface area (Å²) < 4.78 is 5.81. The van der Waals surface area contributed by atoms with Gasteiger partial charge in [-0.2, -0.15) is 5.10 Å². The van der Waals surface area contributed by atoms with E-state index in [0.29, 0.717) is 12.2 Å². The van der Waals surface area contributed by atoms with Gasteiger partial charge in [-0.05, 0) is 43.9 Å². The molecule has 1 aromatic carbocycles. The Labute approximate surface area is 142 Å². The maximum absolute atomic E-state index is 13.0. The molecule has 3 heterocycles. The van der Waals surface area contributed by atoms with E-state index in [-0.39, 0.29) is 18.1 Å². The van der Waals surface area contributed by atoms with Crippen molar-refractivity contribution in [3.8, 4) is 0 Å². The first-order valence-electron chi connectivity index (χ1n) is 8.64. The number of nitrogens with one attached hydrogen (secondary N) is 1. The molecule has 5 nitrogen and oxygen atoms in total. The number of nitrogens with zero attached hydrogens (tertiary/aromatic N) is 2. The Morgan fingerprint density at radius 1 is 1.33 bits per heavy atom. The lowest BCUT2D eigenvalue weighted by atomic mass is 9.94. The van der Waals surface area contributed by atoms with Gasteiger partial charge in [0.15, 0.2) is 5.69 Å². The topological polar surface area (TPSA) is 58.2 Å². The van der Waals surface area contributed by atoms with Crippen LogP contribution in [-0.4, -0.2) is 33.7 Å². The Balaban J connectivity index is 1.62. The fourth-order valence-electron chi connectivity index (χ4n) is 3.97. The van der Waals surface area contributed by atoms with Crippen LogP contribution in [0.15, 0.2) is 18.2 Å². The van der Waals surface area contributed by atoms with Gasteiger partial charge in [0.1, 0.15) is 0 Å². The number of ether oxygens (including phenoxy) is 1. The maximum atomic E-state index is 13.0. The Morgan fingerprint density at radius 3 is 3.00 bits per heavy atom. The predicted molar refractivity (Wildman–Crippen MR) is 90.9 cm³/mol. The highest BCUT2D eigenvalue weighted by Gasteiger charge is 2.32. The number of hydrogen-bond donors (Lipinski definition) is 1. The van der Waals surface area contributed by atoms with Crippen molar-refractivity contribution in [1.29, 1.82) is 0 Å². The smallest absolute Gasteiger partial charge is 0.274 e. The molecule has 0 saturated carbocycles. The van der Waals surface area contributed by atoms with Crippen LogP contribution in [0.4, 0.5) is 0 Å². The summed E-state index contributed by atoms with van der Waals surface area (Å²) >= 11 is 0. The summed E-state index contributed by atoms with van der Waals surface area (Å²) in [5.41, 5.74) is 6.51. The molecule has 0 bridgehead atoms. The Kier molecular flexibility index (Phi) is 3.68. The summed E-state index contributed by atoms with van der Waals surface area (Å²) in [7, 11) is 0. The molecular weight excluding hydrogens is 302 g/mol. The second-order valence-corrected chi connectivity index (χ2v) is 6.95. The number of aromatic nitrogens is 2. The van der Waals surface area contributed by atoms with Crippen LogP contribution in [0.5, 0.6) is 0 Å². The monoisotopic (exact) mass is 325 g/mol. The van der Waals surface area contributed by atoms with Gasteiger partial charge in [-0.15, -0.1) is 0 Å². The summed E-state index contributed by atoms with van der Waals surface area (Å²) in [6.07, 6.45) is 1.72. The van der Waals surface area contributed by atoms with Crippen molar-refractivity contribution >= 4 is 5.91 Å². The van der Waals surface area contributed by atoms with Crippen molar-refractivity contribution in [2.45, 2.75) is 52.4 Å². The molecule has 0 fully saturated rings. The normalized spacial score (nSPS) is 22.9. The standard InChI is InChI=1S/C19H23N3O2/c1-11-5-4-6-14-10-22(8-7-15(11)14)19(23)18-16-9-12(2)24-13(3)17(16)20-21-18/h4-6,12-13H,7-10H2,1-3H3,(H,20,21)/t12-,13+/m1/s1. The number of H-pyrrole nitrogens is 1. The van der Waals surface area contributed by atoms with Gasteiger partial charge in [-0.1, -0.05) is 18.2 Å². The quantitative estimate of drug-likeness (QED) is 0.877. The van der Waals surface area contributed by atoms with E-state index in [2.05, 4.69) is 35.3 Å². The first-order valence-corrected chi connectivity index (χ1v) is 8.64. The van der Waals surface area contributed by atoms with Crippen LogP contribution in [0.1, 0.15) is 58.4 Å². The molecule has 0 saturated heterocycles. The lowest BCUT2D eigenvalue weighted by molar-refractivity contribution is -0.00702. The van der Waals surface area contributed by atoms with Crippen molar-refractivity contribution in [1.82, 2.24) is 15.1 Å². The first kappa shape index (κ1) is 15.4. The fraction of sp³-hybridized carbons (Fsp3) is 0.474. The molecule has 2 aromatic rings. The Bertz CT molecular complexity index is 796. The zero-order valence-corrected chi connectivity index (χ0v) is 14.4. The van der Waals surface area contributed by atoms with Crippen molar-refractivity contribution in [2.24, 2.45) is 0 Å². The van der Waals surface area contributed by atoms with Crippen molar-refractivity contribution in [3.05, 3.63) is 51.8 Å². The highest BCUT2D eigenvalue weighted by atomic mass is 16.5. The minimum atomic E-state index is -0.0393. The highest BCUT2D eigenvalue weighted by molar-refractivity contribution is 5.94. The van der Waals surface area contributed by atoms with Gasteiger partial charge in [0.25, 0.3) is 5.91 Å². The van der Waals surface area contributed by atoms with Gasteiger partial charge in [0, 0.05) is 25.1 Å². The van der Waals surface area contributed by atoms with Gasteiger partial charge >= 0.3 is 0 Å². The van der Waals surface area contributed by atoms with Crippen LogP contribution in [0, 0.1) is 6.92 Å². The van der Waals surface area contributed by atoms with Crippen LogP contribution in [0.3, 0.4) is 0 Å². The zero-order chi connectivity index (χ0) is 16.8. The highest BCUT2D eigenvalue weighted by Crippen LogP contribution is 2.31. The molecule has 1 aromatic heterocycles. The SMILES string of the molecule is Cc1cccc2c1CCN(C(=O)c1n[nH]c3c1C[C@@H](C)O[C@H]3C)C2. The van der Waals surface area contributed by atoms with Crippen molar-refractivity contribution in [3.63, 3.8) is 0 Å². The number of hydrogen-bond acceptors (Lipinski definition) is 3. The van der Waals surface area contributed by atoms with E-state index < -0.39 is 0 Å². The van der Waals surface area contributed by atoms with E-state index in [1.54, 1.807) is 0 Å². The summed E-state index contributed by atoms with van der Waals surface area (Å²) in [4.78, 5) is 15.0. The van der Waals surface area contributed by atoms with Gasteiger partial charge < -0.3 is 9.64 Å². The molecule has 0 aliphatic carbocycles. The Hall–Kier alpha value is -2.14. The van der Waals surface area contributed by atoms with Gasteiger partial charge in [0.05, 0.1) is 17.9 Å². The predicted octanol–water partition coefficient (Wildman–Crippen LogP) is 2.94. The lowest BCUT2D eigenvalue weighted by Crippen LogP contribution is -2.37. The molecule has 0 radical (unpaired) electrons. The minimum absolute atomic E-state index is 0.0287. The van der Waals surface area contributed by atoms with Gasteiger partial charge in [-0.3, -0.25) is 9.89 Å². The summed E-state index contributed by atoms with van der Waals surface area (Å²) in [6.45, 7) is 7.60. The number of amides is 1. The summed E-state index contributed by atoms with van der Waals surface area (Å²) in [5.74, 6) is 0.0287. The van der Waals surface area contributed by atoms with Crippen LogP contribution in [0.2, 0.25) is 0 Å². The molecule has 1 N–H and O–H groups in total. The van der Waals surface area contributed by atoms with Crippen LogP contribution >= 0.6 is 0 Å². The number of rotatable bonds is 1. The first-order chi connectivity index (χ1) is 11.5. The van der Waals surface area contributed by atoms with Gasteiger partial charge in [-0.25, -0.2) is 0 Å². The number of aromatic amines is 1. The number of carbonyl (C=O) groups excluding carboxylic acids is 1. The van der Waals surface area contributed by atoms with E-state index in [0.717, 1.165) is 30.6 Å². The average molecular weight is 325 g/mol. The molecule has 0 unspecified atom stereocenters. The molecule has 126 valence electrons. The van der Waals surface area contributed by atoms with E-state index in [1.807, 2.05) is 18.7 Å². The number of carbonyl (C=O) groups is 1. The third kappa shape index (κ3) is 2.44. The average Bonchev–Trinajstić information content (AvgIpc) is 2.98.